The zero-order valence-electron chi connectivity index (χ0n) is 21.7. The predicted molar refractivity (Wildman–Crippen MR) is 143 cm³/mol. The minimum Gasteiger partial charge on any atom is -0.315 e. The standard InChI is InChI=1S/C27H31ClF3N5O2/c1-5-6-15-35(25(38)32-20-11-7-18(8-12-20)27(29,30)31)17-24(37)33-23-16-22(26(2,3)4)34-36(23)21-13-9-19(28)10-14-21/h7-14,16H,5-6,15,17H2,1-4H3,(H,32,38)(H,33,37). The number of hydrogen-bond donors (Lipinski definition) is 2. The first kappa shape index (κ1) is 29.0. The van der Waals surface area contributed by atoms with E-state index >= 15 is 0 Å². The number of nitrogens with one attached hydrogen (secondary N) is 2. The molecule has 38 heavy (non-hydrogen) atoms. The molecule has 1 heterocycles. The number of rotatable bonds is 8. The van der Waals surface area contributed by atoms with Crippen LogP contribution in [0, 0.1) is 0 Å². The van der Waals surface area contributed by atoms with Crippen LogP contribution in [0.4, 0.5) is 29.5 Å². The topological polar surface area (TPSA) is 79.3 Å². The molecule has 11 heteroatoms. The van der Waals surface area contributed by atoms with Gasteiger partial charge in [0.1, 0.15) is 12.4 Å². The molecule has 204 valence electrons. The Morgan fingerprint density at radius 2 is 1.63 bits per heavy atom. The number of alkyl halides is 3. The molecule has 0 atom stereocenters. The van der Waals surface area contributed by atoms with E-state index in [9.17, 15) is 22.8 Å². The van der Waals surface area contributed by atoms with E-state index in [0.717, 1.165) is 24.2 Å². The predicted octanol–water partition coefficient (Wildman–Crippen LogP) is 7.11. The molecular weight excluding hydrogens is 519 g/mol. The number of anilines is 2. The van der Waals surface area contributed by atoms with Gasteiger partial charge in [-0.1, -0.05) is 45.7 Å². The van der Waals surface area contributed by atoms with Gasteiger partial charge in [-0.25, -0.2) is 9.48 Å². The number of unbranched alkanes of at least 4 members (excludes halogenated alkanes) is 1. The molecule has 3 rings (SSSR count). The summed E-state index contributed by atoms with van der Waals surface area (Å²) in [5.74, 6) is -0.0138. The summed E-state index contributed by atoms with van der Waals surface area (Å²) >= 11 is 6.02. The molecule has 0 unspecified atom stereocenters. The second-order valence-electron chi connectivity index (χ2n) is 9.88. The fraction of sp³-hybridized carbons (Fsp3) is 0.370. The summed E-state index contributed by atoms with van der Waals surface area (Å²) in [7, 11) is 0. The monoisotopic (exact) mass is 549 g/mol. The Labute approximate surface area is 225 Å². The van der Waals surface area contributed by atoms with Crippen molar-refractivity contribution in [2.24, 2.45) is 0 Å². The highest BCUT2D eigenvalue weighted by molar-refractivity contribution is 6.30. The average Bonchev–Trinajstić information content (AvgIpc) is 3.26. The van der Waals surface area contributed by atoms with E-state index in [-0.39, 0.29) is 17.6 Å². The van der Waals surface area contributed by atoms with E-state index in [1.165, 1.54) is 17.0 Å². The number of halogens is 4. The van der Waals surface area contributed by atoms with Gasteiger partial charge in [0.05, 0.1) is 16.9 Å². The van der Waals surface area contributed by atoms with E-state index in [0.29, 0.717) is 29.5 Å². The van der Waals surface area contributed by atoms with Crippen molar-refractivity contribution in [1.29, 1.82) is 0 Å². The molecule has 3 amide bonds. The normalized spacial score (nSPS) is 11.8. The van der Waals surface area contributed by atoms with Crippen molar-refractivity contribution in [2.45, 2.75) is 52.1 Å². The molecule has 0 spiro atoms. The highest BCUT2D eigenvalue weighted by atomic mass is 35.5. The summed E-state index contributed by atoms with van der Waals surface area (Å²) in [6.45, 7) is 8.00. The van der Waals surface area contributed by atoms with Crippen LogP contribution in [-0.4, -0.2) is 39.7 Å². The maximum atomic E-state index is 13.1. The van der Waals surface area contributed by atoms with Crippen molar-refractivity contribution in [3.8, 4) is 5.69 Å². The van der Waals surface area contributed by atoms with Gasteiger partial charge in [0.2, 0.25) is 5.91 Å². The second kappa shape index (κ2) is 11.9. The van der Waals surface area contributed by atoms with Gasteiger partial charge in [-0.3, -0.25) is 4.79 Å². The lowest BCUT2D eigenvalue weighted by molar-refractivity contribution is -0.137. The highest BCUT2D eigenvalue weighted by Gasteiger charge is 2.30. The molecule has 0 radical (unpaired) electrons. The van der Waals surface area contributed by atoms with Gasteiger partial charge < -0.3 is 15.5 Å². The van der Waals surface area contributed by atoms with Gasteiger partial charge in [0.15, 0.2) is 0 Å². The number of carbonyl (C=O) groups excluding carboxylic acids is 2. The molecule has 0 saturated carbocycles. The number of amides is 3. The molecule has 0 saturated heterocycles. The Morgan fingerprint density at radius 3 is 2.18 bits per heavy atom. The number of hydrogen-bond acceptors (Lipinski definition) is 3. The van der Waals surface area contributed by atoms with Crippen molar-refractivity contribution in [2.75, 3.05) is 23.7 Å². The lowest BCUT2D eigenvalue weighted by atomic mass is 9.92. The van der Waals surface area contributed by atoms with Gasteiger partial charge in [-0.15, -0.1) is 0 Å². The van der Waals surface area contributed by atoms with Gasteiger partial charge in [-0.05, 0) is 55.0 Å². The Morgan fingerprint density at radius 1 is 1.00 bits per heavy atom. The quantitative estimate of drug-likeness (QED) is 0.314. The molecule has 0 aliphatic rings. The van der Waals surface area contributed by atoms with Crippen LogP contribution in [0.2, 0.25) is 5.02 Å². The van der Waals surface area contributed by atoms with E-state index < -0.39 is 23.7 Å². The van der Waals surface area contributed by atoms with Crippen molar-refractivity contribution < 1.29 is 22.8 Å². The SMILES string of the molecule is CCCCN(CC(=O)Nc1cc(C(C)(C)C)nn1-c1ccc(Cl)cc1)C(=O)Nc1ccc(C(F)(F)F)cc1. The Balaban J connectivity index is 1.77. The highest BCUT2D eigenvalue weighted by Crippen LogP contribution is 2.30. The van der Waals surface area contributed by atoms with Crippen molar-refractivity contribution >= 4 is 35.0 Å². The summed E-state index contributed by atoms with van der Waals surface area (Å²) in [6, 6.07) is 12.3. The van der Waals surface area contributed by atoms with E-state index in [1.54, 1.807) is 35.0 Å². The number of benzene rings is 2. The van der Waals surface area contributed by atoms with Crippen molar-refractivity contribution in [3.05, 3.63) is 70.9 Å². The summed E-state index contributed by atoms with van der Waals surface area (Å²) in [4.78, 5) is 27.3. The fourth-order valence-corrected chi connectivity index (χ4v) is 3.64. The van der Waals surface area contributed by atoms with Crippen LogP contribution in [0.5, 0.6) is 0 Å². The minimum absolute atomic E-state index is 0.195. The van der Waals surface area contributed by atoms with Gasteiger partial charge in [0, 0.05) is 28.7 Å². The van der Waals surface area contributed by atoms with Crippen molar-refractivity contribution in [3.63, 3.8) is 0 Å². The Kier molecular flexibility index (Phi) is 9.09. The summed E-state index contributed by atoms with van der Waals surface area (Å²) in [5.41, 5.74) is 0.546. The smallest absolute Gasteiger partial charge is 0.315 e. The van der Waals surface area contributed by atoms with Crippen LogP contribution < -0.4 is 10.6 Å². The minimum atomic E-state index is -4.47. The number of nitrogens with zero attached hydrogens (tertiary/aromatic N) is 3. The van der Waals surface area contributed by atoms with Crippen LogP contribution in [0.15, 0.2) is 54.6 Å². The molecule has 3 aromatic rings. The molecule has 2 aromatic carbocycles. The molecule has 2 N–H and O–H groups in total. The van der Waals surface area contributed by atoms with E-state index in [2.05, 4.69) is 15.7 Å². The number of carbonyl (C=O) groups is 2. The van der Waals surface area contributed by atoms with Crippen LogP contribution in [0.3, 0.4) is 0 Å². The maximum absolute atomic E-state index is 13.1. The zero-order chi connectivity index (χ0) is 28.1. The third-order valence-electron chi connectivity index (χ3n) is 5.68. The number of urea groups is 1. The van der Waals surface area contributed by atoms with Crippen LogP contribution in [0.25, 0.3) is 5.69 Å². The first-order valence-electron chi connectivity index (χ1n) is 12.2. The second-order valence-corrected chi connectivity index (χ2v) is 10.3. The molecule has 0 fully saturated rings. The summed E-state index contributed by atoms with van der Waals surface area (Å²) in [6.07, 6.45) is -3.05. The molecule has 7 nitrogen and oxygen atoms in total. The summed E-state index contributed by atoms with van der Waals surface area (Å²) < 4.78 is 40.1. The maximum Gasteiger partial charge on any atom is 0.416 e. The van der Waals surface area contributed by atoms with Gasteiger partial charge >= 0.3 is 12.2 Å². The van der Waals surface area contributed by atoms with E-state index in [1.807, 2.05) is 27.7 Å². The largest absolute Gasteiger partial charge is 0.416 e. The fourth-order valence-electron chi connectivity index (χ4n) is 3.52. The van der Waals surface area contributed by atoms with Crippen molar-refractivity contribution in [1.82, 2.24) is 14.7 Å². The third-order valence-corrected chi connectivity index (χ3v) is 5.94. The molecule has 0 aliphatic heterocycles. The Bertz CT molecular complexity index is 1250. The van der Waals surface area contributed by atoms with Gasteiger partial charge in [0.25, 0.3) is 0 Å². The zero-order valence-corrected chi connectivity index (χ0v) is 22.5. The lowest BCUT2D eigenvalue weighted by Crippen LogP contribution is -2.41. The van der Waals surface area contributed by atoms with E-state index in [4.69, 9.17) is 11.6 Å². The lowest BCUT2D eigenvalue weighted by Gasteiger charge is -2.22. The van der Waals surface area contributed by atoms with Crippen LogP contribution in [0.1, 0.15) is 51.8 Å². The first-order chi connectivity index (χ1) is 17.8. The van der Waals surface area contributed by atoms with Crippen LogP contribution >= 0.6 is 11.6 Å². The molecule has 0 bridgehead atoms. The molecular formula is C27H31ClF3N5O2. The van der Waals surface area contributed by atoms with Gasteiger partial charge in [-0.2, -0.15) is 18.3 Å². The first-order valence-corrected chi connectivity index (χ1v) is 12.5. The molecule has 1 aromatic heterocycles. The molecule has 0 aliphatic carbocycles. The average molecular weight is 550 g/mol. The van der Waals surface area contributed by atoms with Crippen LogP contribution in [-0.2, 0) is 16.4 Å². The third kappa shape index (κ3) is 7.74. The summed E-state index contributed by atoms with van der Waals surface area (Å²) in [5, 5.41) is 10.7. The number of aromatic nitrogens is 2. The Hall–Kier alpha value is -3.53.